The van der Waals surface area contributed by atoms with Crippen molar-refractivity contribution >= 4 is 17.6 Å². The molecular weight excluding hydrogens is 585 g/mol. The molecule has 2 atom stereocenters. The standard InChI is InChI=1S/C35H37F3N2O5/c1-20-13-24(15-27(14-20)35(36,37)38)30-21(2)40(33(42)45-30)19-26-17-34(3,4)12-11-28(26)29-16-25(18-39-31(29)43-5)22-7-9-23(10-8-22)32(41)44-6/h7-10,13-16,18,21,30H,11-12,17,19H2,1-6H3/t21-,30-/m0/s1. The van der Waals surface area contributed by atoms with Gasteiger partial charge < -0.3 is 14.2 Å². The van der Waals surface area contributed by atoms with Crippen LogP contribution in [0.25, 0.3) is 16.7 Å². The first-order valence-corrected chi connectivity index (χ1v) is 14.8. The number of benzene rings is 2. The van der Waals surface area contributed by atoms with Crippen molar-refractivity contribution in [3.05, 3.63) is 88.1 Å². The van der Waals surface area contributed by atoms with Crippen LogP contribution in [0.2, 0.25) is 0 Å². The van der Waals surface area contributed by atoms with Gasteiger partial charge in [0.25, 0.3) is 0 Å². The highest BCUT2D eigenvalue weighted by Gasteiger charge is 2.42. The van der Waals surface area contributed by atoms with Gasteiger partial charge in [-0.05, 0) is 91.1 Å². The quantitative estimate of drug-likeness (QED) is 0.246. The highest BCUT2D eigenvalue weighted by atomic mass is 19.4. The summed E-state index contributed by atoms with van der Waals surface area (Å²) in [6.07, 6.45) is -1.88. The second kappa shape index (κ2) is 12.2. The van der Waals surface area contributed by atoms with Gasteiger partial charge in [0.15, 0.2) is 0 Å². The number of alkyl halides is 3. The molecule has 3 aromatic rings. The predicted octanol–water partition coefficient (Wildman–Crippen LogP) is 8.42. The third-order valence-corrected chi connectivity index (χ3v) is 8.69. The third-order valence-electron chi connectivity index (χ3n) is 8.69. The Bertz CT molecular complexity index is 1650. The van der Waals surface area contributed by atoms with Crippen molar-refractivity contribution in [3.63, 3.8) is 0 Å². The minimum Gasteiger partial charge on any atom is -0.481 e. The molecule has 1 saturated heterocycles. The molecule has 7 nitrogen and oxygen atoms in total. The van der Waals surface area contributed by atoms with E-state index in [1.54, 1.807) is 50.3 Å². The highest BCUT2D eigenvalue weighted by molar-refractivity contribution is 5.90. The fourth-order valence-electron chi connectivity index (χ4n) is 6.30. The number of esters is 1. The molecule has 0 radical (unpaired) electrons. The lowest BCUT2D eigenvalue weighted by molar-refractivity contribution is -0.137. The Morgan fingerprint density at radius 1 is 1.09 bits per heavy atom. The Hall–Kier alpha value is -4.34. The van der Waals surface area contributed by atoms with Crippen LogP contribution in [0.15, 0.2) is 60.3 Å². The van der Waals surface area contributed by atoms with Crippen molar-refractivity contribution in [1.29, 1.82) is 0 Å². The largest absolute Gasteiger partial charge is 0.481 e. The highest BCUT2D eigenvalue weighted by Crippen LogP contribution is 2.46. The number of aryl methyl sites for hydroxylation is 1. The molecule has 1 amide bonds. The number of aromatic nitrogens is 1. The van der Waals surface area contributed by atoms with Crippen LogP contribution in [0.3, 0.4) is 0 Å². The number of halogens is 3. The molecule has 2 aromatic carbocycles. The predicted molar refractivity (Wildman–Crippen MR) is 164 cm³/mol. The molecule has 5 rings (SSSR count). The Kier molecular flexibility index (Phi) is 8.70. The zero-order chi connectivity index (χ0) is 32.7. The molecule has 0 spiro atoms. The van der Waals surface area contributed by atoms with Gasteiger partial charge in [0.2, 0.25) is 5.88 Å². The summed E-state index contributed by atoms with van der Waals surface area (Å²) in [5.41, 5.74) is 4.93. The minimum atomic E-state index is -4.51. The van der Waals surface area contributed by atoms with Gasteiger partial charge in [0.1, 0.15) is 6.10 Å². The second-order valence-corrected chi connectivity index (χ2v) is 12.6. The molecule has 1 aliphatic carbocycles. The summed E-state index contributed by atoms with van der Waals surface area (Å²) < 4.78 is 56.9. The van der Waals surface area contributed by atoms with E-state index in [-0.39, 0.29) is 12.0 Å². The number of ether oxygens (including phenoxy) is 3. The third kappa shape index (κ3) is 6.70. The van der Waals surface area contributed by atoms with E-state index >= 15 is 0 Å². The fraction of sp³-hybridized carbons (Fsp3) is 0.400. The van der Waals surface area contributed by atoms with Gasteiger partial charge in [-0.3, -0.25) is 4.90 Å². The van der Waals surface area contributed by atoms with E-state index in [4.69, 9.17) is 14.2 Å². The summed E-state index contributed by atoms with van der Waals surface area (Å²) in [6.45, 7) is 8.02. The number of carbonyl (C=O) groups is 2. The lowest BCUT2D eigenvalue weighted by atomic mass is 9.72. The molecule has 0 N–H and O–H groups in total. The van der Waals surface area contributed by atoms with Crippen LogP contribution in [0, 0.1) is 12.3 Å². The van der Waals surface area contributed by atoms with Crippen molar-refractivity contribution in [3.8, 4) is 17.0 Å². The van der Waals surface area contributed by atoms with E-state index in [0.29, 0.717) is 29.0 Å². The second-order valence-electron chi connectivity index (χ2n) is 12.6. The van der Waals surface area contributed by atoms with Gasteiger partial charge in [-0.25, -0.2) is 14.6 Å². The lowest BCUT2D eigenvalue weighted by Crippen LogP contribution is -2.35. The first kappa shape index (κ1) is 32.1. The molecule has 1 aromatic heterocycles. The molecule has 2 aliphatic rings. The maximum absolute atomic E-state index is 13.6. The van der Waals surface area contributed by atoms with Crippen molar-refractivity contribution in [2.45, 2.75) is 65.3 Å². The first-order chi connectivity index (χ1) is 21.2. The lowest BCUT2D eigenvalue weighted by Gasteiger charge is -2.35. The SMILES string of the molecule is COC(=O)c1ccc(-c2cnc(OC)c(C3=C(CN4C(=O)O[C@H](c5cc(C)cc(C(F)(F)F)c5)[C@@H]4C)CC(C)(C)CC3)c2)cc1. The average Bonchev–Trinajstić information content (AvgIpc) is 3.28. The van der Waals surface area contributed by atoms with Crippen LogP contribution in [-0.2, 0) is 15.7 Å². The van der Waals surface area contributed by atoms with E-state index in [2.05, 4.69) is 18.8 Å². The molecule has 1 fully saturated rings. The van der Waals surface area contributed by atoms with Gasteiger partial charge in [-0.2, -0.15) is 13.2 Å². The summed E-state index contributed by atoms with van der Waals surface area (Å²) in [5.74, 6) is 0.0290. The molecule has 0 unspecified atom stereocenters. The molecule has 0 bridgehead atoms. The Labute approximate surface area is 261 Å². The number of methoxy groups -OCH3 is 2. The number of nitrogens with zero attached hydrogens (tertiary/aromatic N) is 2. The number of hydrogen-bond acceptors (Lipinski definition) is 6. The molecule has 2 heterocycles. The van der Waals surface area contributed by atoms with Crippen LogP contribution in [0.1, 0.15) is 78.7 Å². The molecular formula is C35H37F3N2O5. The van der Waals surface area contributed by atoms with Crippen molar-refractivity contribution < 1.29 is 37.0 Å². The number of amides is 1. The Morgan fingerprint density at radius 2 is 1.80 bits per heavy atom. The number of allylic oxidation sites excluding steroid dienone is 1. The smallest absolute Gasteiger partial charge is 0.416 e. The van der Waals surface area contributed by atoms with E-state index < -0.39 is 35.9 Å². The molecule has 45 heavy (non-hydrogen) atoms. The molecule has 0 saturated carbocycles. The number of cyclic esters (lactones) is 1. The number of hydrogen-bond donors (Lipinski definition) is 0. The van der Waals surface area contributed by atoms with Gasteiger partial charge in [0, 0.05) is 23.9 Å². The van der Waals surface area contributed by atoms with Crippen LogP contribution in [0.5, 0.6) is 5.88 Å². The van der Waals surface area contributed by atoms with Crippen molar-refractivity contribution in [1.82, 2.24) is 9.88 Å². The monoisotopic (exact) mass is 622 g/mol. The summed E-state index contributed by atoms with van der Waals surface area (Å²) in [5, 5.41) is 0. The average molecular weight is 623 g/mol. The van der Waals surface area contributed by atoms with E-state index in [9.17, 15) is 22.8 Å². The van der Waals surface area contributed by atoms with E-state index in [1.807, 2.05) is 18.2 Å². The van der Waals surface area contributed by atoms with Crippen LogP contribution >= 0.6 is 0 Å². The summed E-state index contributed by atoms with van der Waals surface area (Å²) in [4.78, 5) is 31.4. The molecule has 10 heteroatoms. The number of carbonyl (C=O) groups excluding carboxylic acids is 2. The van der Waals surface area contributed by atoms with Crippen LogP contribution in [0.4, 0.5) is 18.0 Å². The normalized spacial score (nSPS) is 19.8. The van der Waals surface area contributed by atoms with Gasteiger partial charge in [0.05, 0.1) is 31.4 Å². The Morgan fingerprint density at radius 3 is 2.44 bits per heavy atom. The maximum Gasteiger partial charge on any atom is 0.416 e. The first-order valence-electron chi connectivity index (χ1n) is 14.8. The zero-order valence-corrected chi connectivity index (χ0v) is 26.2. The fourth-order valence-corrected chi connectivity index (χ4v) is 6.30. The molecule has 1 aliphatic heterocycles. The van der Waals surface area contributed by atoms with Gasteiger partial charge >= 0.3 is 18.2 Å². The Balaban J connectivity index is 1.51. The topological polar surface area (TPSA) is 78.0 Å². The van der Waals surface area contributed by atoms with Gasteiger partial charge in [-0.1, -0.05) is 37.6 Å². The van der Waals surface area contributed by atoms with Crippen LogP contribution < -0.4 is 4.74 Å². The van der Waals surface area contributed by atoms with Crippen molar-refractivity contribution in [2.75, 3.05) is 20.8 Å². The minimum absolute atomic E-state index is 0.0365. The van der Waals surface area contributed by atoms with E-state index in [0.717, 1.165) is 52.8 Å². The van der Waals surface area contributed by atoms with Crippen LogP contribution in [-0.4, -0.2) is 48.8 Å². The summed E-state index contributed by atoms with van der Waals surface area (Å²) >= 11 is 0. The number of pyridine rings is 1. The van der Waals surface area contributed by atoms with Gasteiger partial charge in [-0.15, -0.1) is 0 Å². The summed E-state index contributed by atoms with van der Waals surface area (Å²) in [6, 6.07) is 12.4. The van der Waals surface area contributed by atoms with Crippen molar-refractivity contribution in [2.24, 2.45) is 5.41 Å². The zero-order valence-electron chi connectivity index (χ0n) is 26.2. The maximum atomic E-state index is 13.6. The number of rotatable bonds is 7. The summed E-state index contributed by atoms with van der Waals surface area (Å²) in [7, 11) is 2.90. The van der Waals surface area contributed by atoms with E-state index in [1.165, 1.54) is 7.11 Å². The molecule has 238 valence electrons.